The van der Waals surface area contributed by atoms with Crippen LogP contribution in [0.25, 0.3) is 0 Å². The van der Waals surface area contributed by atoms with E-state index < -0.39 is 7.82 Å². The molecule has 0 saturated carbocycles. The Kier molecular flexibility index (Phi) is 4.62. The van der Waals surface area contributed by atoms with Crippen molar-refractivity contribution in [2.24, 2.45) is 0 Å². The zero-order valence-electron chi connectivity index (χ0n) is 3.20. The summed E-state index contributed by atoms with van der Waals surface area (Å²) in [6, 6.07) is 0. The summed E-state index contributed by atoms with van der Waals surface area (Å²) in [6.07, 6.45) is 0. The molecule has 0 aromatic rings. The van der Waals surface area contributed by atoms with Crippen LogP contribution in [0.5, 0.6) is 0 Å². The summed E-state index contributed by atoms with van der Waals surface area (Å²) >= 11 is 0. The largest absolute Gasteiger partial charge is 0.466 e. The Hall–Kier alpha value is 0.707. The van der Waals surface area contributed by atoms with E-state index in [0.717, 1.165) is 0 Å². The van der Waals surface area contributed by atoms with E-state index in [1.807, 2.05) is 0 Å². The van der Waals surface area contributed by atoms with Crippen LogP contribution < -0.4 is 0 Å². The van der Waals surface area contributed by atoms with E-state index in [0.29, 0.717) is 0 Å². The number of rotatable bonds is 0. The molecule has 0 bridgehead atoms. The second-order valence-electron chi connectivity index (χ2n) is 0.513. The molecule has 0 atom stereocenters. The Morgan fingerprint density at radius 1 is 1.17 bits per heavy atom. The fraction of sp³-hybridized carbons (Fsp3) is 0. The number of hydrogen-bond acceptors (Lipinski definition) is 1. The van der Waals surface area contributed by atoms with Crippen molar-refractivity contribution in [1.29, 1.82) is 0 Å². The van der Waals surface area contributed by atoms with Gasteiger partial charge in [-0.3, -0.25) is 0 Å². The molecule has 0 spiro atoms. The first-order valence-corrected chi connectivity index (χ1v) is 2.35. The fourth-order valence-electron chi connectivity index (χ4n) is 0. The summed E-state index contributed by atoms with van der Waals surface area (Å²) < 4.78 is 8.88. The Labute approximate surface area is 46.6 Å². The van der Waals surface area contributed by atoms with Gasteiger partial charge in [0.25, 0.3) is 0 Å². The standard InChI is InChI=1S/Li.H3O4P/c;1-5(2,3)4/h;(H3,1,2,3,4). The minimum atomic E-state index is -4.64. The molecule has 33 valence electrons. The van der Waals surface area contributed by atoms with Gasteiger partial charge in [0.2, 0.25) is 0 Å². The van der Waals surface area contributed by atoms with E-state index in [1.54, 1.807) is 0 Å². The maximum atomic E-state index is 8.88. The van der Waals surface area contributed by atoms with E-state index in [9.17, 15) is 0 Å². The van der Waals surface area contributed by atoms with Crippen molar-refractivity contribution in [3.05, 3.63) is 0 Å². The molecule has 0 rings (SSSR count). The van der Waals surface area contributed by atoms with Gasteiger partial charge in [0, 0.05) is 18.9 Å². The van der Waals surface area contributed by atoms with Crippen LogP contribution in [-0.2, 0) is 4.57 Å². The van der Waals surface area contributed by atoms with Gasteiger partial charge in [0.1, 0.15) is 0 Å². The van der Waals surface area contributed by atoms with Crippen molar-refractivity contribution >= 4 is 26.7 Å². The summed E-state index contributed by atoms with van der Waals surface area (Å²) in [5.41, 5.74) is 0. The van der Waals surface area contributed by atoms with Gasteiger partial charge in [-0.05, 0) is 0 Å². The van der Waals surface area contributed by atoms with E-state index in [4.69, 9.17) is 19.2 Å². The molecule has 0 aliphatic heterocycles. The molecular weight excluding hydrogens is 102 g/mol. The molecule has 0 saturated heterocycles. The van der Waals surface area contributed by atoms with Crippen molar-refractivity contribution in [3.63, 3.8) is 0 Å². The van der Waals surface area contributed by atoms with Crippen LogP contribution in [0.3, 0.4) is 0 Å². The monoisotopic (exact) mass is 105 g/mol. The summed E-state index contributed by atoms with van der Waals surface area (Å²) in [4.78, 5) is 21.6. The molecule has 0 amide bonds. The van der Waals surface area contributed by atoms with Gasteiger partial charge in [-0.15, -0.1) is 0 Å². The predicted molar refractivity (Wildman–Crippen MR) is 20.0 cm³/mol. The molecule has 0 heterocycles. The summed E-state index contributed by atoms with van der Waals surface area (Å²) in [7, 11) is -4.64. The Bertz CT molecular complexity index is 53.7. The van der Waals surface area contributed by atoms with Crippen LogP contribution in [0.4, 0.5) is 0 Å². The second-order valence-corrected chi connectivity index (χ2v) is 1.54. The topological polar surface area (TPSA) is 77.8 Å². The first-order chi connectivity index (χ1) is 2.00. The van der Waals surface area contributed by atoms with Crippen molar-refractivity contribution in [2.75, 3.05) is 0 Å². The third kappa shape index (κ3) is 129. The summed E-state index contributed by atoms with van der Waals surface area (Å²) in [5.74, 6) is 0. The molecule has 6 heavy (non-hydrogen) atoms. The second kappa shape index (κ2) is 2.81. The normalized spacial score (nSPS) is 9.83. The third-order valence-corrected chi connectivity index (χ3v) is 0. The average Bonchev–Trinajstić information content (AvgIpc) is 0.722. The van der Waals surface area contributed by atoms with Crippen LogP contribution >= 0.6 is 7.82 Å². The molecule has 0 aromatic heterocycles. The molecular formula is H3LiO4P. The van der Waals surface area contributed by atoms with Crippen molar-refractivity contribution in [2.45, 2.75) is 0 Å². The zero-order chi connectivity index (χ0) is 4.50. The maximum Gasteiger partial charge on any atom is 0.466 e. The van der Waals surface area contributed by atoms with Gasteiger partial charge in [-0.2, -0.15) is 0 Å². The molecule has 1 radical (unpaired) electrons. The van der Waals surface area contributed by atoms with E-state index in [-0.39, 0.29) is 18.9 Å². The van der Waals surface area contributed by atoms with Gasteiger partial charge in [-0.1, -0.05) is 0 Å². The SMILES string of the molecule is O=P(O)(O)O.[Li]. The molecule has 4 nitrogen and oxygen atoms in total. The van der Waals surface area contributed by atoms with Crippen LogP contribution in [0.15, 0.2) is 0 Å². The van der Waals surface area contributed by atoms with E-state index in [2.05, 4.69) is 0 Å². The molecule has 0 unspecified atom stereocenters. The molecule has 3 N–H and O–H groups in total. The minimum absolute atomic E-state index is 0. The molecule has 0 aromatic carbocycles. The third-order valence-electron chi connectivity index (χ3n) is 0. The molecule has 0 fully saturated rings. The zero-order valence-corrected chi connectivity index (χ0v) is 4.09. The van der Waals surface area contributed by atoms with Crippen molar-refractivity contribution in [3.8, 4) is 0 Å². The van der Waals surface area contributed by atoms with Crippen LogP contribution in [0.1, 0.15) is 0 Å². The van der Waals surface area contributed by atoms with Gasteiger partial charge in [0.15, 0.2) is 0 Å². The van der Waals surface area contributed by atoms with Crippen LogP contribution in [0.2, 0.25) is 0 Å². The van der Waals surface area contributed by atoms with Crippen LogP contribution in [-0.4, -0.2) is 33.5 Å². The average molecular weight is 105 g/mol. The van der Waals surface area contributed by atoms with Gasteiger partial charge < -0.3 is 14.7 Å². The van der Waals surface area contributed by atoms with Crippen LogP contribution in [0, 0.1) is 0 Å². The Morgan fingerprint density at radius 3 is 1.17 bits per heavy atom. The number of hydrogen-bond donors (Lipinski definition) is 3. The fourth-order valence-corrected chi connectivity index (χ4v) is 0. The van der Waals surface area contributed by atoms with Gasteiger partial charge in [0.05, 0.1) is 0 Å². The van der Waals surface area contributed by atoms with E-state index >= 15 is 0 Å². The first-order valence-electron chi connectivity index (χ1n) is 0.783. The molecule has 6 heteroatoms. The maximum absolute atomic E-state index is 8.88. The predicted octanol–water partition coefficient (Wildman–Crippen LogP) is -1.31. The Morgan fingerprint density at radius 2 is 1.17 bits per heavy atom. The minimum Gasteiger partial charge on any atom is -0.303 e. The van der Waals surface area contributed by atoms with Gasteiger partial charge in [-0.25, -0.2) is 4.57 Å². The van der Waals surface area contributed by atoms with Gasteiger partial charge >= 0.3 is 7.82 Å². The smallest absolute Gasteiger partial charge is 0.303 e. The summed E-state index contributed by atoms with van der Waals surface area (Å²) in [5, 5.41) is 0. The quantitative estimate of drug-likeness (QED) is 0.264. The molecule has 0 aliphatic carbocycles. The van der Waals surface area contributed by atoms with Crippen molar-refractivity contribution < 1.29 is 19.2 Å². The Balaban J connectivity index is 0. The summed E-state index contributed by atoms with van der Waals surface area (Å²) in [6.45, 7) is 0. The first kappa shape index (κ1) is 9.86. The van der Waals surface area contributed by atoms with Crippen molar-refractivity contribution in [1.82, 2.24) is 0 Å². The molecule has 0 aliphatic rings. The number of phosphoric acid groups is 1. The van der Waals surface area contributed by atoms with E-state index in [1.165, 1.54) is 0 Å².